The zero-order valence-electron chi connectivity index (χ0n) is 15.3. The standard InChI is InChI=1S/C19H18FN7O/c1-11(22-18-24-17(21)25-19(26-18)28-2)16-23-14-9-8-12(20)10-15(14)27(16)13-6-4-3-5-7-13/h3-11H,1-2H3,(H3,21,22,24,25,26). The van der Waals surface area contributed by atoms with E-state index in [1.807, 2.05) is 41.8 Å². The number of rotatable bonds is 5. The summed E-state index contributed by atoms with van der Waals surface area (Å²) in [6, 6.07) is 13.9. The molecule has 2 aromatic carbocycles. The minimum atomic E-state index is -0.327. The molecule has 0 radical (unpaired) electrons. The second-order valence-electron chi connectivity index (χ2n) is 6.14. The van der Waals surface area contributed by atoms with Gasteiger partial charge in [0.1, 0.15) is 11.6 Å². The van der Waals surface area contributed by atoms with Crippen molar-refractivity contribution in [3.63, 3.8) is 0 Å². The molecule has 28 heavy (non-hydrogen) atoms. The number of benzene rings is 2. The van der Waals surface area contributed by atoms with Crippen molar-refractivity contribution in [1.29, 1.82) is 0 Å². The summed E-state index contributed by atoms with van der Waals surface area (Å²) in [7, 11) is 1.45. The Hall–Kier alpha value is -3.75. The largest absolute Gasteiger partial charge is 0.467 e. The molecule has 0 fully saturated rings. The molecule has 0 saturated heterocycles. The van der Waals surface area contributed by atoms with Crippen molar-refractivity contribution in [2.45, 2.75) is 13.0 Å². The van der Waals surface area contributed by atoms with E-state index in [1.54, 1.807) is 6.07 Å². The topological polar surface area (TPSA) is 104 Å². The third-order valence-electron chi connectivity index (χ3n) is 4.20. The normalized spacial score (nSPS) is 12.1. The van der Waals surface area contributed by atoms with Gasteiger partial charge in [-0.1, -0.05) is 18.2 Å². The Balaban J connectivity index is 1.81. The molecule has 3 N–H and O–H groups in total. The van der Waals surface area contributed by atoms with Crippen LogP contribution < -0.4 is 15.8 Å². The highest BCUT2D eigenvalue weighted by atomic mass is 19.1. The molecule has 0 aliphatic heterocycles. The van der Waals surface area contributed by atoms with Crippen molar-refractivity contribution in [2.24, 2.45) is 0 Å². The molecule has 1 atom stereocenters. The Morgan fingerprint density at radius 3 is 2.61 bits per heavy atom. The number of aromatic nitrogens is 5. The van der Waals surface area contributed by atoms with Gasteiger partial charge in [-0.05, 0) is 31.2 Å². The van der Waals surface area contributed by atoms with Crippen molar-refractivity contribution in [3.8, 4) is 11.7 Å². The fourth-order valence-corrected chi connectivity index (χ4v) is 2.99. The fourth-order valence-electron chi connectivity index (χ4n) is 2.99. The predicted molar refractivity (Wildman–Crippen MR) is 104 cm³/mol. The Kier molecular flexibility index (Phi) is 4.48. The molecule has 4 aromatic rings. The molecule has 0 spiro atoms. The minimum absolute atomic E-state index is 0.0418. The first kappa shape index (κ1) is 17.7. The van der Waals surface area contributed by atoms with E-state index in [-0.39, 0.29) is 29.8 Å². The van der Waals surface area contributed by atoms with Crippen LogP contribution in [0.2, 0.25) is 0 Å². The van der Waals surface area contributed by atoms with Gasteiger partial charge in [-0.15, -0.1) is 0 Å². The summed E-state index contributed by atoms with van der Waals surface area (Å²) >= 11 is 0. The molecular formula is C19H18FN7O. The average Bonchev–Trinajstić information content (AvgIpc) is 3.07. The van der Waals surface area contributed by atoms with E-state index in [0.717, 1.165) is 5.69 Å². The number of para-hydroxylation sites is 1. The number of nitrogens with one attached hydrogen (secondary N) is 1. The molecule has 8 nitrogen and oxygen atoms in total. The number of methoxy groups -OCH3 is 1. The monoisotopic (exact) mass is 379 g/mol. The molecule has 142 valence electrons. The van der Waals surface area contributed by atoms with E-state index in [9.17, 15) is 4.39 Å². The van der Waals surface area contributed by atoms with E-state index in [0.29, 0.717) is 16.9 Å². The summed E-state index contributed by atoms with van der Waals surface area (Å²) in [6.45, 7) is 1.91. The number of nitrogens with two attached hydrogens (primary N) is 1. The summed E-state index contributed by atoms with van der Waals surface area (Å²) in [5.74, 6) is 0.645. The van der Waals surface area contributed by atoms with Gasteiger partial charge >= 0.3 is 6.01 Å². The lowest BCUT2D eigenvalue weighted by molar-refractivity contribution is 0.379. The zero-order chi connectivity index (χ0) is 19.7. The maximum absolute atomic E-state index is 13.9. The summed E-state index contributed by atoms with van der Waals surface area (Å²) in [5, 5.41) is 3.16. The molecule has 9 heteroatoms. The average molecular weight is 379 g/mol. The summed E-state index contributed by atoms with van der Waals surface area (Å²) in [5.41, 5.74) is 7.92. The third-order valence-corrected chi connectivity index (χ3v) is 4.20. The number of halogens is 1. The molecule has 0 aliphatic rings. The number of fused-ring (bicyclic) bond motifs is 1. The summed E-state index contributed by atoms with van der Waals surface area (Å²) < 4.78 is 20.8. The first-order valence-corrected chi connectivity index (χ1v) is 8.60. The van der Waals surface area contributed by atoms with Crippen LogP contribution in [0.4, 0.5) is 16.3 Å². The van der Waals surface area contributed by atoms with Crippen LogP contribution in [0.5, 0.6) is 6.01 Å². The first-order valence-electron chi connectivity index (χ1n) is 8.60. The van der Waals surface area contributed by atoms with E-state index in [2.05, 4.69) is 20.3 Å². The van der Waals surface area contributed by atoms with Gasteiger partial charge in [0.05, 0.1) is 24.2 Å². The van der Waals surface area contributed by atoms with Gasteiger partial charge < -0.3 is 15.8 Å². The predicted octanol–water partition coefficient (Wildman–Crippen LogP) is 3.11. The zero-order valence-corrected chi connectivity index (χ0v) is 15.3. The first-order chi connectivity index (χ1) is 13.5. The maximum Gasteiger partial charge on any atom is 0.322 e. The Bertz CT molecular complexity index is 1130. The van der Waals surface area contributed by atoms with Crippen molar-refractivity contribution in [2.75, 3.05) is 18.2 Å². The molecule has 0 amide bonds. The van der Waals surface area contributed by atoms with E-state index < -0.39 is 0 Å². The van der Waals surface area contributed by atoms with Crippen LogP contribution in [0, 0.1) is 5.82 Å². The SMILES string of the molecule is COc1nc(N)nc(NC(C)c2nc3ccc(F)cc3n2-c2ccccc2)n1. The molecule has 2 aromatic heterocycles. The second kappa shape index (κ2) is 7.10. The van der Waals surface area contributed by atoms with Gasteiger partial charge in [0.15, 0.2) is 0 Å². The lowest BCUT2D eigenvalue weighted by Crippen LogP contribution is -2.16. The number of imidazole rings is 1. The number of hydrogen-bond acceptors (Lipinski definition) is 7. The van der Waals surface area contributed by atoms with Gasteiger partial charge in [-0.25, -0.2) is 9.37 Å². The summed E-state index contributed by atoms with van der Waals surface area (Å²) in [6.07, 6.45) is 0. The van der Waals surface area contributed by atoms with Crippen molar-refractivity contribution in [1.82, 2.24) is 24.5 Å². The molecule has 0 saturated carbocycles. The highest BCUT2D eigenvalue weighted by Crippen LogP contribution is 2.27. The van der Waals surface area contributed by atoms with Crippen molar-refractivity contribution < 1.29 is 9.13 Å². The summed E-state index contributed by atoms with van der Waals surface area (Å²) in [4.78, 5) is 16.8. The van der Waals surface area contributed by atoms with Crippen LogP contribution >= 0.6 is 0 Å². The fraction of sp³-hybridized carbons (Fsp3) is 0.158. The number of nitrogen functional groups attached to an aromatic ring is 1. The van der Waals surface area contributed by atoms with Crippen LogP contribution in [0.15, 0.2) is 48.5 Å². The van der Waals surface area contributed by atoms with Gasteiger partial charge in [0, 0.05) is 11.8 Å². The van der Waals surface area contributed by atoms with E-state index >= 15 is 0 Å². The smallest absolute Gasteiger partial charge is 0.322 e. The maximum atomic E-state index is 13.9. The van der Waals surface area contributed by atoms with Crippen molar-refractivity contribution in [3.05, 3.63) is 60.2 Å². The van der Waals surface area contributed by atoms with Crippen LogP contribution in [0.3, 0.4) is 0 Å². The molecule has 1 unspecified atom stereocenters. The number of nitrogens with zero attached hydrogens (tertiary/aromatic N) is 5. The Morgan fingerprint density at radius 1 is 1.07 bits per heavy atom. The lowest BCUT2D eigenvalue weighted by Gasteiger charge is -2.16. The number of anilines is 2. The molecule has 2 heterocycles. The van der Waals surface area contributed by atoms with Gasteiger partial charge in [0.25, 0.3) is 0 Å². The van der Waals surface area contributed by atoms with E-state index in [1.165, 1.54) is 19.2 Å². The number of ether oxygens (including phenoxy) is 1. The highest BCUT2D eigenvalue weighted by molar-refractivity contribution is 5.78. The van der Waals surface area contributed by atoms with Crippen LogP contribution in [0.25, 0.3) is 16.7 Å². The van der Waals surface area contributed by atoms with Crippen LogP contribution in [-0.2, 0) is 0 Å². The molecular weight excluding hydrogens is 361 g/mol. The van der Waals surface area contributed by atoms with Crippen LogP contribution in [0.1, 0.15) is 18.8 Å². The van der Waals surface area contributed by atoms with Crippen molar-refractivity contribution >= 4 is 22.9 Å². The Labute approximate surface area is 160 Å². The van der Waals surface area contributed by atoms with Gasteiger partial charge in [-0.3, -0.25) is 4.57 Å². The quantitative estimate of drug-likeness (QED) is 0.549. The van der Waals surface area contributed by atoms with Gasteiger partial charge in [-0.2, -0.15) is 15.0 Å². The highest BCUT2D eigenvalue weighted by Gasteiger charge is 2.19. The third kappa shape index (κ3) is 3.29. The molecule has 0 bridgehead atoms. The molecule has 4 rings (SSSR count). The molecule has 0 aliphatic carbocycles. The number of hydrogen-bond donors (Lipinski definition) is 2. The Morgan fingerprint density at radius 2 is 1.86 bits per heavy atom. The second-order valence-corrected chi connectivity index (χ2v) is 6.14. The van der Waals surface area contributed by atoms with Gasteiger partial charge in [0.2, 0.25) is 11.9 Å². The minimum Gasteiger partial charge on any atom is -0.467 e. The van der Waals surface area contributed by atoms with E-state index in [4.69, 9.17) is 15.5 Å². The van der Waals surface area contributed by atoms with Crippen LogP contribution in [-0.4, -0.2) is 31.6 Å². The lowest BCUT2D eigenvalue weighted by atomic mass is 10.2.